The fraction of sp³-hybridized carbons (Fsp3) is 0.300. The maximum absolute atomic E-state index is 12.6. The number of carbonyl (C=O) groups excluding carboxylic acids is 1. The minimum atomic E-state index is 0.223. The lowest BCUT2D eigenvalue weighted by molar-refractivity contribution is -0.132. The van der Waals surface area contributed by atoms with E-state index in [4.69, 9.17) is 5.26 Å². The number of likely N-dealkylation sites (tertiary alicyclic amines) is 1. The van der Waals surface area contributed by atoms with Gasteiger partial charge in [0.1, 0.15) is 0 Å². The van der Waals surface area contributed by atoms with Crippen LogP contribution in [-0.2, 0) is 11.2 Å². The van der Waals surface area contributed by atoms with Gasteiger partial charge in [0.25, 0.3) is 0 Å². The molecular weight excluding hydrogens is 284 g/mol. The molecule has 2 aromatic rings. The standard InChI is InChI=1S/C20H20N2O/c21-15-17-10-8-16(9-11-17)12-13-20(23)22-14-4-7-19(22)18-5-2-1-3-6-18/h1-3,5-6,8-11,19H,4,7,12-14H2/t19-/m0/s1. The van der Waals surface area contributed by atoms with Crippen molar-refractivity contribution in [1.29, 1.82) is 5.26 Å². The number of benzene rings is 2. The quantitative estimate of drug-likeness (QED) is 0.861. The average Bonchev–Trinajstić information content (AvgIpc) is 3.11. The number of hydrogen-bond donors (Lipinski definition) is 0. The molecule has 0 N–H and O–H groups in total. The Bertz CT molecular complexity index is 701. The van der Waals surface area contributed by atoms with Gasteiger partial charge in [-0.3, -0.25) is 4.79 Å². The zero-order valence-electron chi connectivity index (χ0n) is 13.1. The van der Waals surface area contributed by atoms with Gasteiger partial charge in [0.15, 0.2) is 0 Å². The van der Waals surface area contributed by atoms with E-state index in [1.54, 1.807) is 0 Å². The summed E-state index contributed by atoms with van der Waals surface area (Å²) in [7, 11) is 0. The maximum atomic E-state index is 12.6. The van der Waals surface area contributed by atoms with Gasteiger partial charge in [-0.25, -0.2) is 0 Å². The first-order valence-electron chi connectivity index (χ1n) is 8.11. The van der Waals surface area contributed by atoms with Gasteiger partial charge >= 0.3 is 0 Å². The minimum absolute atomic E-state index is 0.223. The third-order valence-corrected chi connectivity index (χ3v) is 4.47. The number of nitrogens with zero attached hydrogens (tertiary/aromatic N) is 2. The average molecular weight is 304 g/mol. The van der Waals surface area contributed by atoms with Crippen LogP contribution >= 0.6 is 0 Å². The molecular formula is C20H20N2O. The summed E-state index contributed by atoms with van der Waals surface area (Å²) in [6, 6.07) is 20.1. The molecule has 23 heavy (non-hydrogen) atoms. The molecule has 1 fully saturated rings. The molecule has 2 aromatic carbocycles. The van der Waals surface area contributed by atoms with Crippen LogP contribution in [0.4, 0.5) is 0 Å². The van der Waals surface area contributed by atoms with E-state index in [-0.39, 0.29) is 11.9 Å². The van der Waals surface area contributed by atoms with Gasteiger partial charge in [-0.1, -0.05) is 42.5 Å². The number of aryl methyl sites for hydroxylation is 1. The fourth-order valence-electron chi connectivity index (χ4n) is 3.23. The number of carbonyl (C=O) groups is 1. The SMILES string of the molecule is N#Cc1ccc(CCC(=O)N2CCC[C@H]2c2ccccc2)cc1. The van der Waals surface area contributed by atoms with Crippen LogP contribution in [0.5, 0.6) is 0 Å². The molecule has 0 spiro atoms. The molecule has 1 atom stereocenters. The molecule has 0 bridgehead atoms. The summed E-state index contributed by atoms with van der Waals surface area (Å²) in [5.74, 6) is 0.223. The Kier molecular flexibility index (Phi) is 4.73. The van der Waals surface area contributed by atoms with E-state index >= 15 is 0 Å². The lowest BCUT2D eigenvalue weighted by Crippen LogP contribution is -2.30. The van der Waals surface area contributed by atoms with Crippen LogP contribution in [0, 0.1) is 11.3 Å². The highest BCUT2D eigenvalue weighted by Crippen LogP contribution is 2.32. The molecule has 116 valence electrons. The summed E-state index contributed by atoms with van der Waals surface area (Å²) in [6.45, 7) is 0.853. The third-order valence-electron chi connectivity index (χ3n) is 4.47. The Morgan fingerprint density at radius 3 is 2.57 bits per heavy atom. The first-order valence-corrected chi connectivity index (χ1v) is 8.11. The molecule has 1 aliphatic rings. The van der Waals surface area contributed by atoms with E-state index in [1.807, 2.05) is 47.4 Å². The molecule has 1 amide bonds. The van der Waals surface area contributed by atoms with Gasteiger partial charge in [-0.05, 0) is 42.5 Å². The summed E-state index contributed by atoms with van der Waals surface area (Å²) >= 11 is 0. The van der Waals surface area contributed by atoms with Crippen molar-refractivity contribution in [2.24, 2.45) is 0 Å². The third kappa shape index (κ3) is 3.60. The zero-order valence-corrected chi connectivity index (χ0v) is 13.1. The van der Waals surface area contributed by atoms with Crippen LogP contribution in [0.3, 0.4) is 0 Å². The van der Waals surface area contributed by atoms with Crippen molar-refractivity contribution in [3.05, 3.63) is 71.3 Å². The lowest BCUT2D eigenvalue weighted by atomic mass is 10.0. The van der Waals surface area contributed by atoms with Crippen molar-refractivity contribution in [1.82, 2.24) is 4.90 Å². The van der Waals surface area contributed by atoms with Gasteiger partial charge in [-0.15, -0.1) is 0 Å². The Balaban J connectivity index is 1.62. The van der Waals surface area contributed by atoms with Crippen LogP contribution in [0.1, 0.15) is 42.0 Å². The van der Waals surface area contributed by atoms with Crippen molar-refractivity contribution in [3.63, 3.8) is 0 Å². The number of hydrogen-bond acceptors (Lipinski definition) is 2. The van der Waals surface area contributed by atoms with E-state index in [0.29, 0.717) is 12.0 Å². The molecule has 1 aliphatic heterocycles. The number of rotatable bonds is 4. The van der Waals surface area contributed by atoms with E-state index in [9.17, 15) is 4.79 Å². The van der Waals surface area contributed by atoms with Crippen LogP contribution in [0.15, 0.2) is 54.6 Å². The van der Waals surface area contributed by atoms with E-state index in [2.05, 4.69) is 18.2 Å². The molecule has 3 heteroatoms. The molecule has 0 aromatic heterocycles. The summed E-state index contributed by atoms with van der Waals surface area (Å²) in [4.78, 5) is 14.6. The minimum Gasteiger partial charge on any atom is -0.336 e. The topological polar surface area (TPSA) is 44.1 Å². The molecule has 0 unspecified atom stereocenters. The fourth-order valence-corrected chi connectivity index (χ4v) is 3.23. The van der Waals surface area contributed by atoms with Crippen LogP contribution in [-0.4, -0.2) is 17.4 Å². The second-order valence-electron chi connectivity index (χ2n) is 5.96. The zero-order chi connectivity index (χ0) is 16.1. The lowest BCUT2D eigenvalue weighted by Gasteiger charge is -2.25. The molecule has 0 aliphatic carbocycles. The second kappa shape index (κ2) is 7.11. The van der Waals surface area contributed by atoms with E-state index in [0.717, 1.165) is 31.4 Å². The van der Waals surface area contributed by atoms with Gasteiger partial charge in [-0.2, -0.15) is 5.26 Å². The van der Waals surface area contributed by atoms with Gasteiger partial charge in [0, 0.05) is 13.0 Å². The predicted molar refractivity (Wildman–Crippen MR) is 89.6 cm³/mol. The van der Waals surface area contributed by atoms with Crippen molar-refractivity contribution in [2.45, 2.75) is 31.7 Å². The maximum Gasteiger partial charge on any atom is 0.223 e. The second-order valence-corrected chi connectivity index (χ2v) is 5.96. The molecule has 1 saturated heterocycles. The van der Waals surface area contributed by atoms with Crippen LogP contribution in [0.2, 0.25) is 0 Å². The van der Waals surface area contributed by atoms with Crippen molar-refractivity contribution >= 4 is 5.91 Å². The number of nitriles is 1. The van der Waals surface area contributed by atoms with Gasteiger partial charge in [0.05, 0.1) is 17.7 Å². The predicted octanol–water partition coefficient (Wildman–Crippen LogP) is 3.85. The van der Waals surface area contributed by atoms with Gasteiger partial charge in [0.2, 0.25) is 5.91 Å². The summed E-state index contributed by atoms with van der Waals surface area (Å²) < 4.78 is 0. The van der Waals surface area contributed by atoms with Gasteiger partial charge < -0.3 is 4.90 Å². The largest absolute Gasteiger partial charge is 0.336 e. The first kappa shape index (κ1) is 15.3. The van der Waals surface area contributed by atoms with Crippen molar-refractivity contribution in [3.8, 4) is 6.07 Å². The first-order chi connectivity index (χ1) is 11.3. The summed E-state index contributed by atoms with van der Waals surface area (Å²) in [5, 5.41) is 8.82. The molecule has 0 radical (unpaired) electrons. The van der Waals surface area contributed by atoms with E-state index in [1.165, 1.54) is 5.56 Å². The number of amides is 1. The van der Waals surface area contributed by atoms with Crippen molar-refractivity contribution in [2.75, 3.05) is 6.54 Å². The monoisotopic (exact) mass is 304 g/mol. The van der Waals surface area contributed by atoms with Crippen LogP contribution < -0.4 is 0 Å². The Labute approximate surface area is 137 Å². The highest BCUT2D eigenvalue weighted by atomic mass is 16.2. The summed E-state index contributed by atoms with van der Waals surface area (Å²) in [5.41, 5.74) is 2.99. The highest BCUT2D eigenvalue weighted by molar-refractivity contribution is 5.77. The molecule has 1 heterocycles. The Morgan fingerprint density at radius 2 is 1.87 bits per heavy atom. The van der Waals surface area contributed by atoms with E-state index < -0.39 is 0 Å². The van der Waals surface area contributed by atoms with Crippen molar-refractivity contribution < 1.29 is 4.79 Å². The smallest absolute Gasteiger partial charge is 0.223 e. The Morgan fingerprint density at radius 1 is 1.13 bits per heavy atom. The molecule has 3 nitrogen and oxygen atoms in total. The molecule has 0 saturated carbocycles. The van der Waals surface area contributed by atoms with Crippen LogP contribution in [0.25, 0.3) is 0 Å². The highest BCUT2D eigenvalue weighted by Gasteiger charge is 2.29. The normalized spacial score (nSPS) is 17.0. The summed E-state index contributed by atoms with van der Waals surface area (Å²) in [6.07, 6.45) is 3.37. The Hall–Kier alpha value is -2.60. The molecule has 3 rings (SSSR count).